The van der Waals surface area contributed by atoms with E-state index in [2.05, 4.69) is 10.6 Å². The number of carbonyl (C=O) groups excluding carboxylic acids is 4. The molecule has 3 N–H and O–H groups in total. The van der Waals surface area contributed by atoms with Crippen LogP contribution < -0.4 is 16.0 Å². The molecule has 210 valence electrons. The van der Waals surface area contributed by atoms with Gasteiger partial charge in [-0.05, 0) is 38.0 Å². The maximum absolute atomic E-state index is 14.9. The average molecular weight is 548 g/mol. The van der Waals surface area contributed by atoms with Crippen LogP contribution in [-0.2, 0) is 19.2 Å². The number of rotatable bonds is 8. The van der Waals surface area contributed by atoms with Gasteiger partial charge in [0.15, 0.2) is 0 Å². The smallest absolute Gasteiger partial charge is 0.356 e. The van der Waals surface area contributed by atoms with Crippen LogP contribution in [0.15, 0.2) is 0 Å². The Kier molecular flexibility index (Phi) is 7.86. The summed E-state index contributed by atoms with van der Waals surface area (Å²) in [6, 6.07) is -3.83. The largest absolute Gasteiger partial charge is 0.471 e. The number of fused-ring (bicyclic) bond motifs is 3. The van der Waals surface area contributed by atoms with Gasteiger partial charge in [0.1, 0.15) is 18.1 Å². The van der Waals surface area contributed by atoms with Crippen LogP contribution in [0, 0.1) is 29.1 Å². The van der Waals surface area contributed by atoms with Crippen LogP contribution in [0.2, 0.25) is 0 Å². The third-order valence-electron chi connectivity index (χ3n) is 8.27. The molecule has 2 bridgehead atoms. The number of amides is 4. The van der Waals surface area contributed by atoms with Gasteiger partial charge in [-0.2, -0.15) is 18.4 Å². The molecule has 5 fully saturated rings. The molecule has 5 rings (SSSR count). The maximum atomic E-state index is 14.9. The zero-order valence-electron chi connectivity index (χ0n) is 20.5. The van der Waals surface area contributed by atoms with E-state index in [4.69, 9.17) is 0 Å². The number of hydrogen-bond donors (Lipinski definition) is 3. The fourth-order valence-electron chi connectivity index (χ4n) is 6.08. The summed E-state index contributed by atoms with van der Waals surface area (Å²) < 4.78 is 68.9. The van der Waals surface area contributed by atoms with Crippen molar-refractivity contribution >= 4 is 23.6 Å². The Hall–Kier alpha value is -2.98. The van der Waals surface area contributed by atoms with Crippen LogP contribution in [0.1, 0.15) is 57.8 Å². The molecule has 9 nitrogen and oxygen atoms in total. The first-order valence-corrected chi connectivity index (χ1v) is 12.9. The molecule has 38 heavy (non-hydrogen) atoms. The van der Waals surface area contributed by atoms with Crippen molar-refractivity contribution in [1.29, 1.82) is 5.26 Å². The molecule has 3 saturated heterocycles. The van der Waals surface area contributed by atoms with E-state index in [0.29, 0.717) is 25.8 Å². The second-order valence-electron chi connectivity index (χ2n) is 10.8. The van der Waals surface area contributed by atoms with Crippen molar-refractivity contribution in [3.63, 3.8) is 0 Å². The average Bonchev–Trinajstić information content (AvgIpc) is 3.21. The Labute approximate surface area is 215 Å². The van der Waals surface area contributed by atoms with E-state index in [-0.39, 0.29) is 37.5 Å². The van der Waals surface area contributed by atoms with E-state index in [1.807, 2.05) is 6.07 Å². The Bertz CT molecular complexity index is 1010. The quantitative estimate of drug-likeness (QED) is 0.399. The minimum absolute atomic E-state index is 0.0504. The second-order valence-corrected chi connectivity index (χ2v) is 10.8. The molecule has 0 aromatic heterocycles. The number of nitrogens with zero attached hydrogens (tertiary/aromatic N) is 2. The summed E-state index contributed by atoms with van der Waals surface area (Å²) in [7, 11) is 0. The molecule has 14 heteroatoms. The lowest BCUT2D eigenvalue weighted by atomic mass is 9.71. The predicted octanol–water partition coefficient (Wildman–Crippen LogP) is 1.77. The van der Waals surface area contributed by atoms with Gasteiger partial charge in [-0.3, -0.25) is 19.2 Å². The fourth-order valence-corrected chi connectivity index (χ4v) is 6.08. The third kappa shape index (κ3) is 5.71. The van der Waals surface area contributed by atoms with Gasteiger partial charge in [0.05, 0.1) is 12.0 Å². The van der Waals surface area contributed by atoms with Crippen molar-refractivity contribution in [2.75, 3.05) is 6.54 Å². The van der Waals surface area contributed by atoms with Crippen LogP contribution in [0.5, 0.6) is 0 Å². The maximum Gasteiger partial charge on any atom is 0.471 e. The highest BCUT2D eigenvalue weighted by molar-refractivity contribution is 5.94. The summed E-state index contributed by atoms with van der Waals surface area (Å²) in [5.74, 6) is -10.2. The lowest BCUT2D eigenvalue weighted by Crippen LogP contribution is -2.71. The highest BCUT2D eigenvalue weighted by atomic mass is 19.4. The number of piperidine rings is 2. The van der Waals surface area contributed by atoms with Gasteiger partial charge in [0.25, 0.3) is 5.92 Å². The molecular weight excluding hydrogens is 517 g/mol. The van der Waals surface area contributed by atoms with E-state index in [1.165, 1.54) is 0 Å². The van der Waals surface area contributed by atoms with Gasteiger partial charge < -0.3 is 20.9 Å². The lowest BCUT2D eigenvalue weighted by Gasteiger charge is -2.54. The summed E-state index contributed by atoms with van der Waals surface area (Å²) >= 11 is 0. The molecule has 4 amide bonds. The number of alkyl halides is 5. The third-order valence-corrected chi connectivity index (χ3v) is 8.27. The van der Waals surface area contributed by atoms with Crippen molar-refractivity contribution in [2.45, 2.75) is 94.1 Å². The summed E-state index contributed by atoms with van der Waals surface area (Å²) in [4.78, 5) is 51.5. The second kappa shape index (κ2) is 10.6. The molecule has 3 heterocycles. The monoisotopic (exact) mass is 547 g/mol. The van der Waals surface area contributed by atoms with E-state index in [1.54, 1.807) is 5.32 Å². The minimum atomic E-state index is -5.25. The lowest BCUT2D eigenvalue weighted by molar-refractivity contribution is -0.196. The van der Waals surface area contributed by atoms with E-state index in [9.17, 15) is 46.4 Å². The molecule has 0 aromatic rings. The van der Waals surface area contributed by atoms with Crippen LogP contribution in [0.25, 0.3) is 0 Å². The number of halogens is 5. The summed E-state index contributed by atoms with van der Waals surface area (Å²) in [5.41, 5.74) is 0. The zero-order chi connectivity index (χ0) is 27.8. The Balaban J connectivity index is 1.58. The SMILES string of the molecule is N#C[C@H](C[C@H]1CCNC1=O)NC(=O)[C@H]1[C@@H]2CC[C@@H](CC2(F)F)N1C(=O)[C@@H](CC1CCC1)NC(=O)C(F)(F)F. The molecule has 2 aliphatic carbocycles. The summed E-state index contributed by atoms with van der Waals surface area (Å²) in [6.07, 6.45) is -3.56. The highest BCUT2D eigenvalue weighted by Crippen LogP contribution is 2.49. The molecule has 0 radical (unpaired) electrons. The van der Waals surface area contributed by atoms with Gasteiger partial charge >= 0.3 is 12.1 Å². The van der Waals surface area contributed by atoms with Crippen LogP contribution >= 0.6 is 0 Å². The first-order valence-electron chi connectivity index (χ1n) is 12.9. The van der Waals surface area contributed by atoms with Crippen molar-refractivity contribution in [1.82, 2.24) is 20.9 Å². The van der Waals surface area contributed by atoms with Crippen molar-refractivity contribution in [2.24, 2.45) is 17.8 Å². The normalized spacial score (nSPS) is 30.0. The Morgan fingerprint density at radius 2 is 1.82 bits per heavy atom. The fraction of sp³-hybridized carbons (Fsp3) is 0.792. The first-order chi connectivity index (χ1) is 17.8. The number of carbonyl (C=O) groups is 4. The number of hydrogen-bond acceptors (Lipinski definition) is 5. The van der Waals surface area contributed by atoms with Crippen LogP contribution in [0.4, 0.5) is 22.0 Å². The first kappa shape index (κ1) is 28.0. The van der Waals surface area contributed by atoms with Crippen molar-refractivity contribution in [3.8, 4) is 6.07 Å². The molecule has 3 aliphatic heterocycles. The minimum Gasteiger partial charge on any atom is -0.356 e. The molecule has 5 aliphatic rings. The van der Waals surface area contributed by atoms with Gasteiger partial charge in [-0.1, -0.05) is 19.3 Å². The highest BCUT2D eigenvalue weighted by Gasteiger charge is 2.61. The van der Waals surface area contributed by atoms with Gasteiger partial charge in [-0.15, -0.1) is 0 Å². The molecule has 2 saturated carbocycles. The molecule has 0 aromatic carbocycles. The van der Waals surface area contributed by atoms with Gasteiger partial charge in [0, 0.05) is 24.9 Å². The number of nitriles is 1. The zero-order valence-corrected chi connectivity index (χ0v) is 20.5. The van der Waals surface area contributed by atoms with Gasteiger partial charge in [-0.25, -0.2) is 8.78 Å². The number of nitrogens with one attached hydrogen (secondary N) is 3. The van der Waals surface area contributed by atoms with E-state index >= 15 is 0 Å². The molecular formula is C24H30F5N5O4. The molecule has 0 spiro atoms. The Morgan fingerprint density at radius 1 is 1.11 bits per heavy atom. The molecule has 0 unspecified atom stereocenters. The predicted molar refractivity (Wildman–Crippen MR) is 120 cm³/mol. The van der Waals surface area contributed by atoms with Crippen molar-refractivity contribution in [3.05, 3.63) is 0 Å². The van der Waals surface area contributed by atoms with Crippen LogP contribution in [-0.4, -0.2) is 71.3 Å². The van der Waals surface area contributed by atoms with E-state index < -0.39 is 72.2 Å². The topological polar surface area (TPSA) is 131 Å². The van der Waals surface area contributed by atoms with Crippen molar-refractivity contribution < 1.29 is 41.1 Å². The van der Waals surface area contributed by atoms with Crippen LogP contribution in [0.3, 0.4) is 0 Å². The summed E-state index contributed by atoms with van der Waals surface area (Å²) in [6.45, 7) is 0.405. The van der Waals surface area contributed by atoms with Gasteiger partial charge in [0.2, 0.25) is 17.7 Å². The van der Waals surface area contributed by atoms with E-state index in [0.717, 1.165) is 11.3 Å². The molecule has 6 atom stereocenters. The standard InChI is InChI=1S/C24H30F5N5O4/c25-23(26)10-15-4-5-16(23)18(20(36)32-14(11-30)9-13-6-7-31-19(13)35)34(15)21(37)17(8-12-2-1-3-12)33-22(38)24(27,28)29/h12-18H,1-10H2,(H,31,35)(H,32,36)(H,33,38)/t13-,14+,15+,16+,17-,18-/m1/s1. The summed E-state index contributed by atoms with van der Waals surface area (Å²) in [5, 5.41) is 16.3. The Morgan fingerprint density at radius 3 is 2.34 bits per heavy atom.